The normalized spacial score (nSPS) is 17.3. The molecule has 7 heteroatoms. The van der Waals surface area contributed by atoms with Crippen molar-refractivity contribution in [3.05, 3.63) is 0 Å². The molecule has 5 nitrogen and oxygen atoms in total. The van der Waals surface area contributed by atoms with Crippen molar-refractivity contribution >= 4 is 11.9 Å². The average molecular weight is 280 g/mol. The standard InChI is InChI=1S/C12H22F2N2O3/c1-3-8(5-15)4-7(2)6-16-11(17)9(13)10(14)12(18)19/h7-10H,3-6,15H2,1-2H3,(H,16,17)(H,18,19). The minimum absolute atomic E-state index is 0.0625. The van der Waals surface area contributed by atoms with E-state index in [1.165, 1.54) is 0 Å². The summed E-state index contributed by atoms with van der Waals surface area (Å²) in [4.78, 5) is 21.4. The first-order valence-corrected chi connectivity index (χ1v) is 6.32. The fourth-order valence-corrected chi connectivity index (χ4v) is 1.71. The summed E-state index contributed by atoms with van der Waals surface area (Å²) < 4.78 is 25.9. The van der Waals surface area contributed by atoms with E-state index in [0.29, 0.717) is 12.5 Å². The van der Waals surface area contributed by atoms with Gasteiger partial charge in [-0.05, 0) is 24.8 Å². The van der Waals surface area contributed by atoms with E-state index in [2.05, 4.69) is 5.32 Å². The van der Waals surface area contributed by atoms with E-state index in [1.807, 2.05) is 13.8 Å². The Morgan fingerprint density at radius 1 is 1.32 bits per heavy atom. The molecule has 0 bridgehead atoms. The molecule has 0 rings (SSSR count). The minimum atomic E-state index is -2.83. The van der Waals surface area contributed by atoms with Gasteiger partial charge in [0.05, 0.1) is 0 Å². The largest absolute Gasteiger partial charge is 0.479 e. The maximum atomic E-state index is 13.1. The second-order valence-corrected chi connectivity index (χ2v) is 4.74. The lowest BCUT2D eigenvalue weighted by molar-refractivity contribution is -0.149. The van der Waals surface area contributed by atoms with E-state index in [9.17, 15) is 18.4 Å². The van der Waals surface area contributed by atoms with Gasteiger partial charge in [-0.1, -0.05) is 20.3 Å². The van der Waals surface area contributed by atoms with Gasteiger partial charge in [0.15, 0.2) is 0 Å². The second kappa shape index (κ2) is 8.79. The van der Waals surface area contributed by atoms with E-state index in [-0.39, 0.29) is 12.5 Å². The van der Waals surface area contributed by atoms with Crippen molar-refractivity contribution in [1.29, 1.82) is 0 Å². The number of nitrogens with one attached hydrogen (secondary N) is 1. The van der Waals surface area contributed by atoms with Crippen LogP contribution in [0.4, 0.5) is 8.78 Å². The summed E-state index contributed by atoms with van der Waals surface area (Å²) in [5.41, 5.74) is 5.55. The second-order valence-electron chi connectivity index (χ2n) is 4.74. The Bertz CT molecular complexity index is 299. The highest BCUT2D eigenvalue weighted by Gasteiger charge is 2.33. The van der Waals surface area contributed by atoms with Gasteiger partial charge >= 0.3 is 5.97 Å². The molecule has 112 valence electrons. The van der Waals surface area contributed by atoms with Gasteiger partial charge < -0.3 is 16.2 Å². The fourth-order valence-electron chi connectivity index (χ4n) is 1.71. The van der Waals surface area contributed by atoms with Crippen LogP contribution in [0.25, 0.3) is 0 Å². The summed E-state index contributed by atoms with van der Waals surface area (Å²) in [6.07, 6.45) is -3.84. The summed E-state index contributed by atoms with van der Waals surface area (Å²) in [7, 11) is 0. The number of nitrogens with two attached hydrogens (primary N) is 1. The third-order valence-corrected chi connectivity index (χ3v) is 3.01. The van der Waals surface area contributed by atoms with Crippen LogP contribution in [0.1, 0.15) is 26.7 Å². The molecule has 0 saturated carbocycles. The number of carbonyl (C=O) groups is 2. The molecule has 0 aromatic rings. The van der Waals surface area contributed by atoms with Gasteiger partial charge in [-0.25, -0.2) is 13.6 Å². The summed E-state index contributed by atoms with van der Waals surface area (Å²) in [6, 6.07) is 0. The lowest BCUT2D eigenvalue weighted by Gasteiger charge is -2.19. The van der Waals surface area contributed by atoms with Gasteiger partial charge in [0.25, 0.3) is 5.91 Å². The third-order valence-electron chi connectivity index (χ3n) is 3.01. The van der Waals surface area contributed by atoms with E-state index in [0.717, 1.165) is 12.8 Å². The predicted octanol–water partition coefficient (Wildman–Crippen LogP) is 0.875. The highest BCUT2D eigenvalue weighted by Crippen LogP contribution is 2.14. The molecule has 0 spiro atoms. The third kappa shape index (κ3) is 6.47. The first-order valence-electron chi connectivity index (χ1n) is 6.32. The minimum Gasteiger partial charge on any atom is -0.479 e. The number of rotatable bonds is 9. The number of alkyl halides is 2. The molecule has 1 amide bonds. The van der Waals surface area contributed by atoms with Gasteiger partial charge in [0, 0.05) is 6.54 Å². The quantitative estimate of drug-likeness (QED) is 0.584. The number of hydrogen-bond donors (Lipinski definition) is 3. The molecule has 0 aliphatic rings. The van der Waals surface area contributed by atoms with Crippen LogP contribution >= 0.6 is 0 Å². The van der Waals surface area contributed by atoms with Crippen molar-refractivity contribution < 1.29 is 23.5 Å². The molecule has 0 heterocycles. The van der Waals surface area contributed by atoms with Crippen LogP contribution in [0.3, 0.4) is 0 Å². The van der Waals surface area contributed by atoms with Gasteiger partial charge in [-0.3, -0.25) is 4.79 Å². The summed E-state index contributed by atoms with van der Waals surface area (Å²) in [5, 5.41) is 10.5. The van der Waals surface area contributed by atoms with Crippen LogP contribution in [0.2, 0.25) is 0 Å². The Morgan fingerprint density at radius 2 is 1.89 bits per heavy atom. The topological polar surface area (TPSA) is 92.4 Å². The molecular formula is C12H22F2N2O3. The average Bonchev–Trinajstić information content (AvgIpc) is 2.39. The Labute approximate surface area is 111 Å². The zero-order valence-corrected chi connectivity index (χ0v) is 11.2. The van der Waals surface area contributed by atoms with E-state index in [4.69, 9.17) is 10.8 Å². The lowest BCUT2D eigenvalue weighted by Crippen LogP contribution is -2.42. The summed E-state index contributed by atoms with van der Waals surface area (Å²) in [6.45, 7) is 4.56. The van der Waals surface area contributed by atoms with Crippen molar-refractivity contribution in [3.8, 4) is 0 Å². The van der Waals surface area contributed by atoms with Crippen LogP contribution in [0, 0.1) is 11.8 Å². The molecule has 4 N–H and O–H groups in total. The maximum absolute atomic E-state index is 13.1. The summed E-state index contributed by atoms with van der Waals surface area (Å²) >= 11 is 0. The monoisotopic (exact) mass is 280 g/mol. The molecule has 19 heavy (non-hydrogen) atoms. The Kier molecular flexibility index (Phi) is 8.22. The predicted molar refractivity (Wildman–Crippen MR) is 67.1 cm³/mol. The van der Waals surface area contributed by atoms with Crippen molar-refractivity contribution in [2.45, 2.75) is 39.0 Å². The number of carbonyl (C=O) groups excluding carboxylic acids is 1. The van der Waals surface area contributed by atoms with Crippen LogP contribution < -0.4 is 11.1 Å². The molecule has 0 fully saturated rings. The Hall–Kier alpha value is -1.24. The lowest BCUT2D eigenvalue weighted by atomic mass is 9.94. The van der Waals surface area contributed by atoms with Crippen LogP contribution in [-0.4, -0.2) is 42.4 Å². The van der Waals surface area contributed by atoms with Crippen molar-refractivity contribution in [2.75, 3.05) is 13.1 Å². The molecule has 0 saturated heterocycles. The van der Waals surface area contributed by atoms with Crippen molar-refractivity contribution in [2.24, 2.45) is 17.6 Å². The Balaban J connectivity index is 4.11. The highest BCUT2D eigenvalue weighted by atomic mass is 19.2. The van der Waals surface area contributed by atoms with Crippen LogP contribution in [0.5, 0.6) is 0 Å². The molecule has 0 aromatic carbocycles. The molecular weight excluding hydrogens is 258 g/mol. The number of halogens is 2. The van der Waals surface area contributed by atoms with Crippen LogP contribution in [0.15, 0.2) is 0 Å². The maximum Gasteiger partial charge on any atom is 0.341 e. The SMILES string of the molecule is CCC(CN)CC(C)CNC(=O)C(F)C(F)C(=O)O. The zero-order valence-electron chi connectivity index (χ0n) is 11.2. The molecule has 0 aliphatic heterocycles. The van der Waals surface area contributed by atoms with Crippen LogP contribution in [-0.2, 0) is 9.59 Å². The molecule has 4 unspecified atom stereocenters. The first kappa shape index (κ1) is 17.8. The molecule has 0 aromatic heterocycles. The number of aliphatic carboxylic acids is 1. The van der Waals surface area contributed by atoms with E-state index >= 15 is 0 Å². The molecule has 4 atom stereocenters. The van der Waals surface area contributed by atoms with Crippen molar-refractivity contribution in [1.82, 2.24) is 5.32 Å². The van der Waals surface area contributed by atoms with Crippen molar-refractivity contribution in [3.63, 3.8) is 0 Å². The summed E-state index contributed by atoms with van der Waals surface area (Å²) in [5.74, 6) is -2.83. The fraction of sp³-hybridized carbons (Fsp3) is 0.833. The van der Waals surface area contributed by atoms with Gasteiger partial charge in [0.2, 0.25) is 12.3 Å². The molecule has 0 radical (unpaired) electrons. The first-order chi connectivity index (χ1) is 8.83. The van der Waals surface area contributed by atoms with Gasteiger partial charge in [-0.15, -0.1) is 0 Å². The van der Waals surface area contributed by atoms with Gasteiger partial charge in [0.1, 0.15) is 0 Å². The highest BCUT2D eigenvalue weighted by molar-refractivity contribution is 5.87. The zero-order chi connectivity index (χ0) is 15.0. The van der Waals surface area contributed by atoms with E-state index < -0.39 is 24.2 Å². The Morgan fingerprint density at radius 3 is 2.32 bits per heavy atom. The number of carboxylic acids is 1. The number of hydrogen-bond acceptors (Lipinski definition) is 3. The number of carboxylic acid groups (broad SMARTS) is 1. The number of amides is 1. The smallest absolute Gasteiger partial charge is 0.341 e. The van der Waals surface area contributed by atoms with E-state index in [1.54, 1.807) is 0 Å². The van der Waals surface area contributed by atoms with Gasteiger partial charge in [-0.2, -0.15) is 0 Å². The molecule has 0 aliphatic carbocycles.